The summed E-state index contributed by atoms with van der Waals surface area (Å²) in [5.74, 6) is -0.829. The van der Waals surface area contributed by atoms with Gasteiger partial charge in [-0.15, -0.1) is 0 Å². The summed E-state index contributed by atoms with van der Waals surface area (Å²) in [5.41, 5.74) is 5.34. The maximum atomic E-state index is 12.5. The second-order valence-corrected chi connectivity index (χ2v) is 15.3. The van der Waals surface area contributed by atoms with E-state index in [4.69, 9.17) is 24.3 Å². The number of hydrogen-bond donors (Lipinski definition) is 2. The van der Waals surface area contributed by atoms with Crippen molar-refractivity contribution in [3.63, 3.8) is 0 Å². The van der Waals surface area contributed by atoms with Gasteiger partial charge in [0, 0.05) is 19.4 Å². The molecule has 0 spiro atoms. The van der Waals surface area contributed by atoms with Crippen LogP contribution in [-0.2, 0) is 32.7 Å². The second-order valence-electron chi connectivity index (χ2n) is 13.9. The molecular formula is C41H78NO8P. The van der Waals surface area contributed by atoms with E-state index in [-0.39, 0.29) is 38.6 Å². The zero-order valence-electron chi connectivity index (χ0n) is 32.8. The van der Waals surface area contributed by atoms with Crippen molar-refractivity contribution in [3.05, 3.63) is 24.3 Å². The van der Waals surface area contributed by atoms with E-state index >= 15 is 0 Å². The maximum absolute atomic E-state index is 12.5. The first-order chi connectivity index (χ1) is 24.8. The van der Waals surface area contributed by atoms with Crippen LogP contribution < -0.4 is 5.73 Å². The SMILES string of the molecule is CCCCCC=CCC=CCCCCCCCCCCCC(=O)OCC(COP(=O)(O)OCCN)OC(=O)CCCCCCCCCCCCC. The minimum atomic E-state index is -4.37. The molecule has 0 aromatic heterocycles. The highest BCUT2D eigenvalue weighted by Gasteiger charge is 2.26. The minimum absolute atomic E-state index is 0.0544. The van der Waals surface area contributed by atoms with Gasteiger partial charge in [-0.05, 0) is 44.9 Å². The van der Waals surface area contributed by atoms with E-state index in [0.29, 0.717) is 6.42 Å². The molecule has 0 aromatic carbocycles. The molecule has 0 fully saturated rings. The Morgan fingerprint density at radius 3 is 1.53 bits per heavy atom. The van der Waals surface area contributed by atoms with Gasteiger partial charge in [0.1, 0.15) is 6.61 Å². The number of phosphoric ester groups is 1. The summed E-state index contributed by atoms with van der Waals surface area (Å²) >= 11 is 0. The molecule has 3 N–H and O–H groups in total. The number of unbranched alkanes of at least 4 members (excludes halogenated alkanes) is 22. The molecule has 0 aromatic rings. The lowest BCUT2D eigenvalue weighted by atomic mass is 10.1. The van der Waals surface area contributed by atoms with Crippen molar-refractivity contribution in [1.29, 1.82) is 0 Å². The Morgan fingerprint density at radius 1 is 0.588 bits per heavy atom. The fourth-order valence-corrected chi connectivity index (χ4v) is 6.49. The molecule has 300 valence electrons. The third-order valence-electron chi connectivity index (χ3n) is 8.84. The van der Waals surface area contributed by atoms with E-state index in [0.717, 1.165) is 38.5 Å². The summed E-state index contributed by atoms with van der Waals surface area (Å²) in [5, 5.41) is 0. The number of carbonyl (C=O) groups is 2. The van der Waals surface area contributed by atoms with Crippen molar-refractivity contribution in [2.45, 2.75) is 200 Å². The molecule has 51 heavy (non-hydrogen) atoms. The molecule has 2 unspecified atom stereocenters. The fraction of sp³-hybridized carbons (Fsp3) is 0.854. The number of carbonyl (C=O) groups excluding carboxylic acids is 2. The van der Waals surface area contributed by atoms with Crippen molar-refractivity contribution < 1.29 is 37.6 Å². The molecule has 0 radical (unpaired) electrons. The summed E-state index contributed by atoms with van der Waals surface area (Å²) in [6.07, 6.45) is 39.2. The first-order valence-corrected chi connectivity index (χ1v) is 22.3. The van der Waals surface area contributed by atoms with Crippen LogP contribution in [0.15, 0.2) is 24.3 Å². The monoisotopic (exact) mass is 744 g/mol. The smallest absolute Gasteiger partial charge is 0.462 e. The van der Waals surface area contributed by atoms with E-state index < -0.39 is 26.5 Å². The van der Waals surface area contributed by atoms with Crippen LogP contribution in [-0.4, -0.2) is 49.3 Å². The average Bonchev–Trinajstić information content (AvgIpc) is 3.11. The van der Waals surface area contributed by atoms with Crippen LogP contribution in [0.2, 0.25) is 0 Å². The normalized spacial score (nSPS) is 13.6. The van der Waals surface area contributed by atoms with Crippen molar-refractivity contribution in [3.8, 4) is 0 Å². The van der Waals surface area contributed by atoms with Gasteiger partial charge in [-0.1, -0.05) is 160 Å². The van der Waals surface area contributed by atoms with Crippen LogP contribution in [0, 0.1) is 0 Å². The summed E-state index contributed by atoms with van der Waals surface area (Å²) < 4.78 is 32.7. The second kappa shape index (κ2) is 38.2. The Bertz CT molecular complexity index is 897. The number of nitrogens with two attached hydrogens (primary N) is 1. The van der Waals surface area contributed by atoms with Crippen molar-refractivity contribution in [1.82, 2.24) is 0 Å². The van der Waals surface area contributed by atoms with Gasteiger partial charge in [0.25, 0.3) is 0 Å². The van der Waals surface area contributed by atoms with Gasteiger partial charge < -0.3 is 20.1 Å². The van der Waals surface area contributed by atoms with Gasteiger partial charge in [-0.25, -0.2) is 4.57 Å². The van der Waals surface area contributed by atoms with Gasteiger partial charge in [0.2, 0.25) is 0 Å². The molecule has 2 atom stereocenters. The van der Waals surface area contributed by atoms with Gasteiger partial charge in [0.05, 0.1) is 13.2 Å². The molecule has 0 bridgehead atoms. The highest BCUT2D eigenvalue weighted by atomic mass is 31.2. The third-order valence-corrected chi connectivity index (χ3v) is 9.82. The fourth-order valence-electron chi connectivity index (χ4n) is 5.72. The Labute approximate surface area is 312 Å². The molecule has 0 saturated heterocycles. The Morgan fingerprint density at radius 2 is 1.02 bits per heavy atom. The molecule has 10 heteroatoms. The molecule has 0 aliphatic rings. The lowest BCUT2D eigenvalue weighted by Gasteiger charge is -2.19. The largest absolute Gasteiger partial charge is 0.472 e. The summed E-state index contributed by atoms with van der Waals surface area (Å²) in [7, 11) is -4.37. The number of phosphoric acid groups is 1. The summed E-state index contributed by atoms with van der Waals surface area (Å²) in [6.45, 7) is 3.70. The topological polar surface area (TPSA) is 134 Å². The molecule has 0 rings (SSSR count). The van der Waals surface area contributed by atoms with Crippen LogP contribution in [0.1, 0.15) is 194 Å². The van der Waals surface area contributed by atoms with E-state index in [1.54, 1.807) is 0 Å². The third kappa shape index (κ3) is 38.0. The van der Waals surface area contributed by atoms with Crippen LogP contribution in [0.25, 0.3) is 0 Å². The quantitative estimate of drug-likeness (QED) is 0.0273. The molecule has 0 aliphatic carbocycles. The molecule has 0 amide bonds. The lowest BCUT2D eigenvalue weighted by molar-refractivity contribution is -0.161. The van der Waals surface area contributed by atoms with E-state index in [9.17, 15) is 19.0 Å². The number of allylic oxidation sites excluding steroid dienone is 4. The standard InChI is InChI=1S/C41H78NO8P/c1-3-5-7-9-11-13-15-16-17-18-19-20-21-22-24-25-27-29-31-33-40(43)47-37-39(38-49-51(45,46)48-36-35-42)50-41(44)34-32-30-28-26-23-14-12-10-8-6-4-2/h11,13,16-17,39H,3-10,12,14-15,18-38,42H2,1-2H3,(H,45,46). The van der Waals surface area contributed by atoms with Gasteiger partial charge in [0.15, 0.2) is 6.10 Å². The van der Waals surface area contributed by atoms with Crippen LogP contribution >= 0.6 is 7.82 Å². The minimum Gasteiger partial charge on any atom is -0.462 e. The van der Waals surface area contributed by atoms with Crippen LogP contribution in [0.5, 0.6) is 0 Å². The highest BCUT2D eigenvalue weighted by Crippen LogP contribution is 2.43. The highest BCUT2D eigenvalue weighted by molar-refractivity contribution is 7.47. The number of esters is 2. The zero-order chi connectivity index (χ0) is 37.5. The Balaban J connectivity index is 4.11. The molecule has 0 saturated carbocycles. The number of hydrogen-bond acceptors (Lipinski definition) is 8. The van der Waals surface area contributed by atoms with Gasteiger partial charge >= 0.3 is 19.8 Å². The molecular weight excluding hydrogens is 665 g/mol. The molecule has 9 nitrogen and oxygen atoms in total. The first kappa shape index (κ1) is 49.5. The lowest BCUT2D eigenvalue weighted by Crippen LogP contribution is -2.29. The number of ether oxygens (including phenoxy) is 2. The maximum Gasteiger partial charge on any atom is 0.472 e. The predicted molar refractivity (Wildman–Crippen MR) is 211 cm³/mol. The Hall–Kier alpha value is -1.51. The van der Waals surface area contributed by atoms with Crippen molar-refractivity contribution in [2.75, 3.05) is 26.4 Å². The predicted octanol–water partition coefficient (Wildman–Crippen LogP) is 11.6. The molecule has 0 aliphatic heterocycles. The summed E-state index contributed by atoms with van der Waals surface area (Å²) in [4.78, 5) is 34.8. The average molecular weight is 744 g/mol. The number of rotatable bonds is 39. The van der Waals surface area contributed by atoms with E-state index in [1.165, 1.54) is 122 Å². The van der Waals surface area contributed by atoms with Gasteiger partial charge in [-0.3, -0.25) is 18.6 Å². The van der Waals surface area contributed by atoms with Crippen LogP contribution in [0.4, 0.5) is 0 Å². The van der Waals surface area contributed by atoms with Crippen LogP contribution in [0.3, 0.4) is 0 Å². The van der Waals surface area contributed by atoms with Gasteiger partial charge in [-0.2, -0.15) is 0 Å². The zero-order valence-corrected chi connectivity index (χ0v) is 33.7. The van der Waals surface area contributed by atoms with E-state index in [1.807, 2.05) is 0 Å². The van der Waals surface area contributed by atoms with E-state index in [2.05, 4.69) is 38.2 Å². The summed E-state index contributed by atoms with van der Waals surface area (Å²) in [6, 6.07) is 0. The molecule has 0 heterocycles. The van der Waals surface area contributed by atoms with Crippen molar-refractivity contribution in [2.24, 2.45) is 5.73 Å². The van der Waals surface area contributed by atoms with Crippen molar-refractivity contribution >= 4 is 19.8 Å². The Kier molecular flexibility index (Phi) is 37.1. The first-order valence-electron chi connectivity index (χ1n) is 20.8.